The average molecular weight is 388 g/mol. The molecule has 0 aliphatic carbocycles. The molecule has 3 rings (SSSR count). The number of methoxy groups -OCH3 is 1. The highest BCUT2D eigenvalue weighted by Gasteiger charge is 2.26. The Balaban J connectivity index is 1.54. The second kappa shape index (κ2) is 9.11. The van der Waals surface area contributed by atoms with E-state index < -0.39 is 0 Å². The fraction of sp³-hybridized carbons (Fsp3) is 0.381. The van der Waals surface area contributed by atoms with Crippen LogP contribution in [-0.2, 0) is 11.3 Å². The Morgan fingerprint density at radius 2 is 1.85 bits per heavy atom. The second-order valence-corrected chi connectivity index (χ2v) is 7.15. The van der Waals surface area contributed by atoms with Gasteiger partial charge in [0, 0.05) is 37.7 Å². The van der Waals surface area contributed by atoms with Gasteiger partial charge in [-0.25, -0.2) is 0 Å². The summed E-state index contributed by atoms with van der Waals surface area (Å²) in [5.41, 5.74) is 2.11. The SMILES string of the molecule is COc1ccc(Cl)cc1N1CCN([C@H](C)C(=O)NCc2ccccc2)CC1. The number of carbonyl (C=O) groups is 1. The third kappa shape index (κ3) is 4.93. The normalized spacial score (nSPS) is 16.0. The van der Waals surface area contributed by atoms with Crippen LogP contribution in [0, 0.1) is 0 Å². The standard InChI is InChI=1S/C21H26ClN3O2/c1-16(21(26)23-15-17-6-4-3-5-7-17)24-10-12-25(13-11-24)19-14-18(22)8-9-20(19)27-2/h3-9,14,16H,10-13,15H2,1-2H3,(H,23,26)/t16-/m1/s1. The number of carbonyl (C=O) groups excluding carboxylic acids is 1. The number of hydrogen-bond acceptors (Lipinski definition) is 4. The number of benzene rings is 2. The molecule has 1 atom stereocenters. The van der Waals surface area contributed by atoms with E-state index in [-0.39, 0.29) is 11.9 Å². The van der Waals surface area contributed by atoms with Gasteiger partial charge >= 0.3 is 0 Å². The summed E-state index contributed by atoms with van der Waals surface area (Å²) in [6.45, 7) is 5.81. The number of hydrogen-bond donors (Lipinski definition) is 1. The van der Waals surface area contributed by atoms with Gasteiger partial charge in [-0.1, -0.05) is 41.9 Å². The molecule has 2 aromatic rings. The van der Waals surface area contributed by atoms with Gasteiger partial charge in [0.25, 0.3) is 0 Å². The molecule has 1 aliphatic heterocycles. The summed E-state index contributed by atoms with van der Waals surface area (Å²) in [5, 5.41) is 3.73. The van der Waals surface area contributed by atoms with E-state index in [0.717, 1.165) is 43.2 Å². The third-order valence-corrected chi connectivity index (χ3v) is 5.27. The van der Waals surface area contributed by atoms with Crippen LogP contribution in [0.5, 0.6) is 5.75 Å². The quantitative estimate of drug-likeness (QED) is 0.826. The van der Waals surface area contributed by atoms with Crippen molar-refractivity contribution in [2.24, 2.45) is 0 Å². The Hall–Kier alpha value is -2.24. The molecule has 1 N–H and O–H groups in total. The number of nitrogens with zero attached hydrogens (tertiary/aromatic N) is 2. The molecule has 2 aromatic carbocycles. The first-order valence-electron chi connectivity index (χ1n) is 9.22. The van der Waals surface area contributed by atoms with E-state index in [2.05, 4.69) is 15.1 Å². The fourth-order valence-electron chi connectivity index (χ4n) is 3.36. The van der Waals surface area contributed by atoms with Gasteiger partial charge in [0.15, 0.2) is 0 Å². The van der Waals surface area contributed by atoms with E-state index in [4.69, 9.17) is 16.3 Å². The van der Waals surface area contributed by atoms with Crippen molar-refractivity contribution in [3.63, 3.8) is 0 Å². The molecule has 0 spiro atoms. The van der Waals surface area contributed by atoms with Gasteiger partial charge in [-0.2, -0.15) is 0 Å². The molecule has 27 heavy (non-hydrogen) atoms. The second-order valence-electron chi connectivity index (χ2n) is 6.72. The maximum atomic E-state index is 12.5. The topological polar surface area (TPSA) is 44.8 Å². The molecule has 6 heteroatoms. The van der Waals surface area contributed by atoms with Crippen molar-refractivity contribution in [3.05, 3.63) is 59.1 Å². The van der Waals surface area contributed by atoms with Crippen LogP contribution in [0.3, 0.4) is 0 Å². The predicted octanol–water partition coefficient (Wildman–Crippen LogP) is 3.18. The van der Waals surface area contributed by atoms with E-state index in [1.54, 1.807) is 7.11 Å². The summed E-state index contributed by atoms with van der Waals surface area (Å²) in [4.78, 5) is 17.0. The number of nitrogens with one attached hydrogen (secondary N) is 1. The van der Waals surface area contributed by atoms with Gasteiger partial charge < -0.3 is 15.0 Å². The van der Waals surface area contributed by atoms with Crippen LogP contribution in [-0.4, -0.2) is 50.1 Å². The maximum absolute atomic E-state index is 12.5. The first-order chi connectivity index (χ1) is 13.1. The number of amides is 1. The molecule has 0 saturated carbocycles. The van der Waals surface area contributed by atoms with Crippen molar-refractivity contribution in [1.82, 2.24) is 10.2 Å². The number of halogens is 1. The molecular weight excluding hydrogens is 362 g/mol. The molecule has 0 radical (unpaired) electrons. The molecule has 1 amide bonds. The molecule has 0 bridgehead atoms. The lowest BCUT2D eigenvalue weighted by atomic mass is 10.1. The number of anilines is 1. The zero-order chi connectivity index (χ0) is 19.2. The van der Waals surface area contributed by atoms with E-state index in [1.807, 2.05) is 55.5 Å². The van der Waals surface area contributed by atoms with E-state index >= 15 is 0 Å². The molecule has 0 unspecified atom stereocenters. The summed E-state index contributed by atoms with van der Waals surface area (Å²) in [7, 11) is 1.67. The molecule has 1 saturated heterocycles. The van der Waals surface area contributed by atoms with Crippen molar-refractivity contribution in [2.75, 3.05) is 38.2 Å². The van der Waals surface area contributed by atoms with Crippen molar-refractivity contribution >= 4 is 23.2 Å². The third-order valence-electron chi connectivity index (χ3n) is 5.03. The van der Waals surface area contributed by atoms with Gasteiger partial charge in [0.2, 0.25) is 5.91 Å². The van der Waals surface area contributed by atoms with Crippen LogP contribution in [0.1, 0.15) is 12.5 Å². The molecular formula is C21H26ClN3O2. The van der Waals surface area contributed by atoms with Gasteiger partial charge in [0.1, 0.15) is 5.75 Å². The molecule has 1 fully saturated rings. The lowest BCUT2D eigenvalue weighted by Crippen LogP contribution is -2.53. The number of ether oxygens (including phenoxy) is 1. The van der Waals surface area contributed by atoms with E-state index in [9.17, 15) is 4.79 Å². The van der Waals surface area contributed by atoms with Crippen molar-refractivity contribution in [3.8, 4) is 5.75 Å². The Labute approximate surface area is 165 Å². The minimum absolute atomic E-state index is 0.0626. The highest BCUT2D eigenvalue weighted by Crippen LogP contribution is 2.32. The van der Waals surface area contributed by atoms with Crippen LogP contribution in [0.15, 0.2) is 48.5 Å². The highest BCUT2D eigenvalue weighted by atomic mass is 35.5. The summed E-state index contributed by atoms with van der Waals surface area (Å²) in [6, 6.07) is 15.5. The zero-order valence-corrected chi connectivity index (χ0v) is 16.6. The largest absolute Gasteiger partial charge is 0.495 e. The molecule has 0 aromatic heterocycles. The zero-order valence-electron chi connectivity index (χ0n) is 15.8. The van der Waals surface area contributed by atoms with Crippen molar-refractivity contribution in [1.29, 1.82) is 0 Å². The summed E-state index contributed by atoms with van der Waals surface area (Å²) in [5.74, 6) is 0.883. The smallest absolute Gasteiger partial charge is 0.237 e. The van der Waals surface area contributed by atoms with E-state index in [1.165, 1.54) is 0 Å². The van der Waals surface area contributed by atoms with Gasteiger partial charge in [-0.3, -0.25) is 9.69 Å². The van der Waals surface area contributed by atoms with Gasteiger partial charge in [-0.05, 0) is 30.7 Å². The van der Waals surface area contributed by atoms with Crippen molar-refractivity contribution < 1.29 is 9.53 Å². The fourth-order valence-corrected chi connectivity index (χ4v) is 3.53. The van der Waals surface area contributed by atoms with Crippen LogP contribution in [0.2, 0.25) is 5.02 Å². The molecule has 1 heterocycles. The van der Waals surface area contributed by atoms with Crippen LogP contribution >= 0.6 is 11.6 Å². The minimum atomic E-state index is -0.155. The molecule has 1 aliphatic rings. The highest BCUT2D eigenvalue weighted by molar-refractivity contribution is 6.30. The van der Waals surface area contributed by atoms with Gasteiger partial charge in [-0.15, -0.1) is 0 Å². The first-order valence-corrected chi connectivity index (χ1v) is 9.60. The van der Waals surface area contributed by atoms with E-state index in [0.29, 0.717) is 11.6 Å². The molecule has 144 valence electrons. The first kappa shape index (κ1) is 19.5. The maximum Gasteiger partial charge on any atom is 0.237 e. The lowest BCUT2D eigenvalue weighted by Gasteiger charge is -2.39. The van der Waals surface area contributed by atoms with Crippen LogP contribution < -0.4 is 15.0 Å². The lowest BCUT2D eigenvalue weighted by molar-refractivity contribution is -0.126. The van der Waals surface area contributed by atoms with Gasteiger partial charge in [0.05, 0.1) is 18.8 Å². The average Bonchev–Trinajstić information content (AvgIpc) is 2.72. The molecule has 5 nitrogen and oxygen atoms in total. The Bertz CT molecular complexity index is 761. The van der Waals surface area contributed by atoms with Crippen molar-refractivity contribution in [2.45, 2.75) is 19.5 Å². The number of rotatable bonds is 6. The predicted molar refractivity (Wildman–Crippen MR) is 110 cm³/mol. The monoisotopic (exact) mass is 387 g/mol. The Morgan fingerprint density at radius 1 is 1.15 bits per heavy atom. The van der Waals surface area contributed by atoms with Crippen LogP contribution in [0.25, 0.3) is 0 Å². The summed E-state index contributed by atoms with van der Waals surface area (Å²) in [6.07, 6.45) is 0. The summed E-state index contributed by atoms with van der Waals surface area (Å²) >= 11 is 6.15. The number of piperazine rings is 1. The minimum Gasteiger partial charge on any atom is -0.495 e. The Kier molecular flexibility index (Phi) is 6.58. The summed E-state index contributed by atoms with van der Waals surface area (Å²) < 4.78 is 5.46. The van der Waals surface area contributed by atoms with Crippen LogP contribution in [0.4, 0.5) is 5.69 Å². The Morgan fingerprint density at radius 3 is 2.52 bits per heavy atom.